The largest absolute Gasteiger partial charge is 0.455 e. The quantitative estimate of drug-likeness (QED) is 0.288. The van der Waals surface area contributed by atoms with E-state index in [1.807, 2.05) is 24.3 Å². The first kappa shape index (κ1) is 22.8. The van der Waals surface area contributed by atoms with E-state index in [9.17, 15) is 9.59 Å². The Labute approximate surface area is 205 Å². The lowest BCUT2D eigenvalue weighted by atomic mass is 9.92. The molecule has 0 aliphatic carbocycles. The first-order valence-corrected chi connectivity index (χ1v) is 11.2. The van der Waals surface area contributed by atoms with Crippen molar-refractivity contribution in [1.29, 1.82) is 0 Å². The number of nitrogens with one attached hydrogen (secondary N) is 4. The first-order valence-electron chi connectivity index (χ1n) is 11.2. The third kappa shape index (κ3) is 4.80. The zero-order chi connectivity index (χ0) is 25.3. The Kier molecular flexibility index (Phi) is 5.72. The summed E-state index contributed by atoms with van der Waals surface area (Å²) < 4.78 is 7.49. The molecular weight excluding hydrogens is 460 g/mol. The molecule has 0 fully saturated rings. The smallest absolute Gasteiger partial charge is 0.325 e. The highest BCUT2D eigenvalue weighted by Crippen LogP contribution is 2.28. The van der Waals surface area contributed by atoms with Crippen LogP contribution in [-0.2, 0) is 5.41 Å². The Bertz CT molecular complexity index is 1580. The van der Waals surface area contributed by atoms with Gasteiger partial charge in [-0.15, -0.1) is 0 Å². The van der Waals surface area contributed by atoms with Gasteiger partial charge in [-0.1, -0.05) is 26.8 Å². The van der Waals surface area contributed by atoms with Crippen LogP contribution in [0.1, 0.15) is 26.5 Å². The maximum Gasteiger partial charge on any atom is 0.325 e. The van der Waals surface area contributed by atoms with E-state index in [0.717, 1.165) is 5.69 Å². The first-order chi connectivity index (χ1) is 17.3. The summed E-state index contributed by atoms with van der Waals surface area (Å²) in [6, 6.07) is 15.4. The molecule has 0 bridgehead atoms. The lowest BCUT2D eigenvalue weighted by Gasteiger charge is -2.13. The van der Waals surface area contributed by atoms with Gasteiger partial charge in [0.15, 0.2) is 17.2 Å². The number of aromatic amines is 2. The van der Waals surface area contributed by atoms with Crippen LogP contribution in [-0.4, -0.2) is 35.7 Å². The van der Waals surface area contributed by atoms with Crippen molar-refractivity contribution in [3.05, 3.63) is 83.2 Å². The third-order valence-corrected chi connectivity index (χ3v) is 5.31. The molecule has 0 radical (unpaired) electrons. The third-order valence-electron chi connectivity index (χ3n) is 5.31. The standard InChI is InChI=1S/C25H24N8O3/c1-25(2,3)18-14-20(33(32-18)19-6-4-5-12-26-19)29-23(34)28-15-7-9-16(10-8-15)36-17-11-13-27-22-21(17)30-24(35)31-22/h4-14H,1-3H3,(H2,28,29,34)(H2,27,30,31,35). The highest BCUT2D eigenvalue weighted by Gasteiger charge is 2.22. The minimum absolute atomic E-state index is 0.212. The zero-order valence-corrected chi connectivity index (χ0v) is 19.9. The number of urea groups is 1. The summed E-state index contributed by atoms with van der Waals surface area (Å²) in [6.07, 6.45) is 3.22. The molecular formula is C25H24N8O3. The summed E-state index contributed by atoms with van der Waals surface area (Å²) in [5.41, 5.74) is 1.69. The van der Waals surface area contributed by atoms with Crippen LogP contribution < -0.4 is 21.1 Å². The normalized spacial score (nSPS) is 11.4. The van der Waals surface area contributed by atoms with Gasteiger partial charge in [-0.05, 0) is 36.4 Å². The number of aromatic nitrogens is 6. The Morgan fingerprint density at radius 2 is 1.78 bits per heavy atom. The summed E-state index contributed by atoms with van der Waals surface area (Å²) in [7, 11) is 0. The number of ether oxygens (including phenoxy) is 1. The van der Waals surface area contributed by atoms with Crippen LogP contribution in [0.25, 0.3) is 17.0 Å². The summed E-state index contributed by atoms with van der Waals surface area (Å²) in [5.74, 6) is 2.07. The fourth-order valence-electron chi connectivity index (χ4n) is 3.50. The molecule has 0 saturated heterocycles. The van der Waals surface area contributed by atoms with Crippen LogP contribution in [0.15, 0.2) is 71.8 Å². The Morgan fingerprint density at radius 1 is 0.972 bits per heavy atom. The number of benzene rings is 1. The molecule has 11 nitrogen and oxygen atoms in total. The van der Waals surface area contributed by atoms with Crippen molar-refractivity contribution in [2.75, 3.05) is 10.6 Å². The van der Waals surface area contributed by atoms with Gasteiger partial charge in [-0.3, -0.25) is 10.3 Å². The maximum atomic E-state index is 12.8. The molecule has 11 heteroatoms. The van der Waals surface area contributed by atoms with E-state index in [0.29, 0.717) is 40.0 Å². The minimum atomic E-state index is -0.429. The van der Waals surface area contributed by atoms with E-state index >= 15 is 0 Å². The van der Waals surface area contributed by atoms with Crippen LogP contribution in [0, 0.1) is 0 Å². The second kappa shape index (κ2) is 9.02. The number of imidazole rings is 1. The van der Waals surface area contributed by atoms with Gasteiger partial charge in [0, 0.05) is 35.6 Å². The molecule has 0 spiro atoms. The molecule has 0 saturated carbocycles. The van der Waals surface area contributed by atoms with E-state index in [4.69, 9.17) is 4.74 Å². The summed E-state index contributed by atoms with van der Waals surface area (Å²) in [4.78, 5) is 38.0. The second-order valence-corrected chi connectivity index (χ2v) is 9.08. The van der Waals surface area contributed by atoms with Gasteiger partial charge >= 0.3 is 11.7 Å². The fourth-order valence-corrected chi connectivity index (χ4v) is 3.50. The van der Waals surface area contributed by atoms with Crippen molar-refractivity contribution >= 4 is 28.7 Å². The van der Waals surface area contributed by atoms with E-state index in [1.165, 1.54) is 0 Å². The number of H-pyrrole nitrogens is 2. The number of hydrogen-bond acceptors (Lipinski definition) is 6. The number of pyridine rings is 2. The van der Waals surface area contributed by atoms with E-state index in [1.54, 1.807) is 47.4 Å². The van der Waals surface area contributed by atoms with Crippen molar-refractivity contribution in [2.45, 2.75) is 26.2 Å². The monoisotopic (exact) mass is 484 g/mol. The van der Waals surface area contributed by atoms with Crippen molar-refractivity contribution in [1.82, 2.24) is 29.7 Å². The second-order valence-electron chi connectivity index (χ2n) is 9.08. The van der Waals surface area contributed by atoms with Gasteiger partial charge in [0.2, 0.25) is 0 Å². The number of carbonyl (C=O) groups is 1. The Balaban J connectivity index is 1.30. The molecule has 36 heavy (non-hydrogen) atoms. The number of hydrogen-bond donors (Lipinski definition) is 4. The van der Waals surface area contributed by atoms with Gasteiger partial charge < -0.3 is 15.0 Å². The summed E-state index contributed by atoms with van der Waals surface area (Å²) in [5, 5.41) is 10.3. The van der Waals surface area contributed by atoms with Gasteiger partial charge in [-0.2, -0.15) is 9.78 Å². The molecule has 182 valence electrons. The predicted octanol–water partition coefficient (Wildman–Crippen LogP) is 4.57. The fraction of sp³-hybridized carbons (Fsp3) is 0.160. The zero-order valence-electron chi connectivity index (χ0n) is 19.9. The molecule has 0 unspecified atom stereocenters. The van der Waals surface area contributed by atoms with E-state index in [-0.39, 0.29) is 11.1 Å². The SMILES string of the molecule is CC(C)(C)c1cc(NC(=O)Nc2ccc(Oc3ccnc4[nH]c(=O)[nH]c34)cc2)n(-c2ccccn2)n1. The van der Waals surface area contributed by atoms with Gasteiger partial charge in [0.05, 0.1) is 5.69 Å². The van der Waals surface area contributed by atoms with Crippen LogP contribution in [0.4, 0.5) is 16.3 Å². The van der Waals surface area contributed by atoms with Crippen molar-refractivity contribution in [3.63, 3.8) is 0 Å². The van der Waals surface area contributed by atoms with Crippen LogP contribution >= 0.6 is 0 Å². The topological polar surface area (TPSA) is 143 Å². The molecule has 5 rings (SSSR count). The minimum Gasteiger partial charge on any atom is -0.455 e. The molecule has 4 aromatic heterocycles. The van der Waals surface area contributed by atoms with Gasteiger partial charge in [-0.25, -0.2) is 19.6 Å². The van der Waals surface area contributed by atoms with Crippen molar-refractivity contribution < 1.29 is 9.53 Å². The molecule has 5 aromatic rings. The molecule has 2 amide bonds. The maximum absolute atomic E-state index is 12.8. The van der Waals surface area contributed by atoms with Crippen molar-refractivity contribution in [3.8, 4) is 17.3 Å². The predicted molar refractivity (Wildman–Crippen MR) is 136 cm³/mol. The van der Waals surface area contributed by atoms with Gasteiger partial charge in [0.25, 0.3) is 0 Å². The number of rotatable bonds is 5. The number of carbonyl (C=O) groups excluding carboxylic acids is 1. The molecule has 0 aliphatic rings. The number of nitrogens with zero attached hydrogens (tertiary/aromatic N) is 4. The van der Waals surface area contributed by atoms with Gasteiger partial charge in [0.1, 0.15) is 17.1 Å². The van der Waals surface area contributed by atoms with E-state index in [2.05, 4.69) is 56.4 Å². The number of anilines is 2. The lowest BCUT2D eigenvalue weighted by molar-refractivity contribution is 0.262. The Morgan fingerprint density at radius 3 is 2.50 bits per heavy atom. The van der Waals surface area contributed by atoms with Crippen LogP contribution in [0.2, 0.25) is 0 Å². The Hall–Kier alpha value is -4.93. The average molecular weight is 485 g/mol. The van der Waals surface area contributed by atoms with Crippen molar-refractivity contribution in [2.24, 2.45) is 0 Å². The number of fused-ring (bicyclic) bond motifs is 1. The molecule has 1 aromatic carbocycles. The molecule has 0 aliphatic heterocycles. The average Bonchev–Trinajstić information content (AvgIpc) is 3.44. The van der Waals surface area contributed by atoms with Crippen LogP contribution in [0.3, 0.4) is 0 Å². The number of amides is 2. The highest BCUT2D eigenvalue weighted by atomic mass is 16.5. The molecule has 0 atom stereocenters. The molecule has 4 N–H and O–H groups in total. The van der Waals surface area contributed by atoms with Crippen LogP contribution in [0.5, 0.6) is 11.5 Å². The lowest BCUT2D eigenvalue weighted by Crippen LogP contribution is -2.21. The summed E-state index contributed by atoms with van der Waals surface area (Å²) >= 11 is 0. The highest BCUT2D eigenvalue weighted by molar-refractivity contribution is 5.99. The van der Waals surface area contributed by atoms with E-state index < -0.39 is 6.03 Å². The molecule has 4 heterocycles. The summed E-state index contributed by atoms with van der Waals surface area (Å²) in [6.45, 7) is 6.16.